The highest BCUT2D eigenvalue weighted by Crippen LogP contribution is 2.29. The Hall–Kier alpha value is -1.75. The lowest BCUT2D eigenvalue weighted by Gasteiger charge is -2.08. The van der Waals surface area contributed by atoms with Gasteiger partial charge >= 0.3 is 0 Å². The maximum Gasteiger partial charge on any atom is 0.261 e. The third kappa shape index (κ3) is 3.53. The van der Waals surface area contributed by atoms with Crippen molar-refractivity contribution < 1.29 is 13.6 Å². The first-order valence-electron chi connectivity index (χ1n) is 7.46. The van der Waals surface area contributed by atoms with E-state index in [1.165, 1.54) is 35.4 Å². The molecule has 0 radical (unpaired) electrons. The molecule has 1 aliphatic carbocycles. The van der Waals surface area contributed by atoms with Gasteiger partial charge in [0.2, 0.25) is 0 Å². The van der Waals surface area contributed by atoms with Gasteiger partial charge < -0.3 is 5.32 Å². The Bertz CT molecular complexity index is 652. The van der Waals surface area contributed by atoms with Gasteiger partial charge in [-0.15, -0.1) is 11.3 Å². The first kappa shape index (κ1) is 15.2. The molecule has 1 amide bonds. The van der Waals surface area contributed by atoms with Crippen LogP contribution in [-0.2, 0) is 19.3 Å². The van der Waals surface area contributed by atoms with Gasteiger partial charge in [-0.2, -0.15) is 0 Å². The van der Waals surface area contributed by atoms with Crippen LogP contribution in [0.5, 0.6) is 0 Å². The van der Waals surface area contributed by atoms with Crippen molar-refractivity contribution in [1.82, 2.24) is 5.32 Å². The summed E-state index contributed by atoms with van der Waals surface area (Å²) >= 11 is 1.56. The zero-order chi connectivity index (χ0) is 15.5. The third-order valence-corrected chi connectivity index (χ3v) is 5.08. The molecule has 0 aliphatic heterocycles. The SMILES string of the molecule is O=C(NCCc1cc(F)cc(F)c1)c1cc2c(s1)CCCC2. The van der Waals surface area contributed by atoms with Crippen molar-refractivity contribution in [2.24, 2.45) is 0 Å². The number of hydrogen-bond donors (Lipinski definition) is 1. The van der Waals surface area contributed by atoms with Crippen LogP contribution in [0.2, 0.25) is 0 Å². The van der Waals surface area contributed by atoms with E-state index in [0.717, 1.165) is 23.8 Å². The number of aryl methyl sites for hydroxylation is 2. The van der Waals surface area contributed by atoms with E-state index in [9.17, 15) is 13.6 Å². The average molecular weight is 321 g/mol. The number of hydrogen-bond acceptors (Lipinski definition) is 2. The summed E-state index contributed by atoms with van der Waals surface area (Å²) in [6.07, 6.45) is 4.92. The van der Waals surface area contributed by atoms with Crippen LogP contribution in [0.15, 0.2) is 24.3 Å². The first-order valence-corrected chi connectivity index (χ1v) is 8.28. The number of thiophene rings is 1. The van der Waals surface area contributed by atoms with Crippen LogP contribution in [0.25, 0.3) is 0 Å². The van der Waals surface area contributed by atoms with E-state index in [-0.39, 0.29) is 5.91 Å². The van der Waals surface area contributed by atoms with Gasteiger partial charge in [-0.05, 0) is 61.4 Å². The Balaban J connectivity index is 1.57. The maximum atomic E-state index is 13.1. The van der Waals surface area contributed by atoms with Crippen LogP contribution < -0.4 is 5.32 Å². The predicted molar refractivity (Wildman–Crippen MR) is 83.4 cm³/mol. The number of rotatable bonds is 4. The Morgan fingerprint density at radius 3 is 2.55 bits per heavy atom. The molecule has 1 aromatic heterocycles. The van der Waals surface area contributed by atoms with Gasteiger partial charge in [0.15, 0.2) is 0 Å². The molecule has 3 rings (SSSR count). The van der Waals surface area contributed by atoms with Crippen molar-refractivity contribution in [3.05, 3.63) is 56.8 Å². The molecule has 0 fully saturated rings. The van der Waals surface area contributed by atoms with Crippen LogP contribution >= 0.6 is 11.3 Å². The van der Waals surface area contributed by atoms with Gasteiger partial charge in [-0.3, -0.25) is 4.79 Å². The number of halogens is 2. The molecule has 0 atom stereocenters. The average Bonchev–Trinajstić information content (AvgIpc) is 2.90. The lowest BCUT2D eigenvalue weighted by atomic mass is 9.99. The number of amides is 1. The molecule has 0 saturated heterocycles. The van der Waals surface area contributed by atoms with E-state index < -0.39 is 11.6 Å². The molecule has 2 nitrogen and oxygen atoms in total. The standard InChI is InChI=1S/C17H17F2NOS/c18-13-7-11(8-14(19)10-13)5-6-20-17(21)16-9-12-3-1-2-4-15(12)22-16/h7-10H,1-6H2,(H,20,21). The number of nitrogens with one attached hydrogen (secondary N) is 1. The maximum absolute atomic E-state index is 13.1. The normalized spacial score (nSPS) is 13.7. The zero-order valence-corrected chi connectivity index (χ0v) is 12.9. The Labute approximate surface area is 132 Å². The van der Waals surface area contributed by atoms with Gasteiger partial charge in [0.25, 0.3) is 5.91 Å². The summed E-state index contributed by atoms with van der Waals surface area (Å²) in [7, 11) is 0. The monoisotopic (exact) mass is 321 g/mol. The van der Waals surface area contributed by atoms with E-state index in [4.69, 9.17) is 0 Å². The summed E-state index contributed by atoms with van der Waals surface area (Å²) in [4.78, 5) is 14.2. The number of fused-ring (bicyclic) bond motifs is 1. The van der Waals surface area contributed by atoms with Crippen molar-refractivity contribution >= 4 is 17.2 Å². The minimum atomic E-state index is -0.591. The summed E-state index contributed by atoms with van der Waals surface area (Å²) in [5, 5.41) is 2.82. The molecule has 0 unspecified atom stereocenters. The van der Waals surface area contributed by atoms with Crippen molar-refractivity contribution in [3.63, 3.8) is 0 Å². The Morgan fingerprint density at radius 1 is 1.09 bits per heavy atom. The van der Waals surface area contributed by atoms with Crippen LogP contribution in [0.3, 0.4) is 0 Å². The molecule has 0 spiro atoms. The third-order valence-electron chi connectivity index (χ3n) is 3.84. The van der Waals surface area contributed by atoms with Crippen molar-refractivity contribution in [2.45, 2.75) is 32.1 Å². The predicted octanol–water partition coefficient (Wildman–Crippen LogP) is 3.88. The fourth-order valence-corrected chi connectivity index (χ4v) is 3.94. The van der Waals surface area contributed by atoms with Crippen LogP contribution in [0.4, 0.5) is 8.78 Å². The highest BCUT2D eigenvalue weighted by molar-refractivity contribution is 7.14. The topological polar surface area (TPSA) is 29.1 Å². The molecule has 1 aliphatic rings. The van der Waals surface area contributed by atoms with Crippen molar-refractivity contribution in [2.75, 3.05) is 6.54 Å². The summed E-state index contributed by atoms with van der Waals surface area (Å²) in [5.74, 6) is -1.28. The molecule has 1 heterocycles. The molecule has 5 heteroatoms. The fraction of sp³-hybridized carbons (Fsp3) is 0.353. The van der Waals surface area contributed by atoms with Gasteiger partial charge in [-0.1, -0.05) is 0 Å². The summed E-state index contributed by atoms with van der Waals surface area (Å²) in [6, 6.07) is 5.41. The summed E-state index contributed by atoms with van der Waals surface area (Å²) < 4.78 is 26.2. The van der Waals surface area contributed by atoms with E-state index in [1.807, 2.05) is 6.07 Å². The lowest BCUT2D eigenvalue weighted by molar-refractivity contribution is 0.0958. The zero-order valence-electron chi connectivity index (χ0n) is 12.1. The first-order chi connectivity index (χ1) is 10.6. The highest BCUT2D eigenvalue weighted by atomic mass is 32.1. The number of benzene rings is 1. The van der Waals surface area contributed by atoms with E-state index in [1.54, 1.807) is 11.3 Å². The lowest BCUT2D eigenvalue weighted by Crippen LogP contribution is -2.24. The highest BCUT2D eigenvalue weighted by Gasteiger charge is 2.16. The van der Waals surface area contributed by atoms with Gasteiger partial charge in [0, 0.05) is 17.5 Å². The Kier molecular flexibility index (Phi) is 4.52. The Morgan fingerprint density at radius 2 is 1.82 bits per heavy atom. The molecule has 0 saturated carbocycles. The van der Waals surface area contributed by atoms with Crippen LogP contribution in [0, 0.1) is 11.6 Å². The van der Waals surface area contributed by atoms with Gasteiger partial charge in [-0.25, -0.2) is 8.78 Å². The van der Waals surface area contributed by atoms with E-state index in [2.05, 4.69) is 5.32 Å². The molecule has 116 valence electrons. The quantitative estimate of drug-likeness (QED) is 0.910. The fourth-order valence-electron chi connectivity index (χ4n) is 2.77. The molecule has 1 N–H and O–H groups in total. The van der Waals surface area contributed by atoms with Crippen molar-refractivity contribution in [3.8, 4) is 0 Å². The molecular formula is C17H17F2NOS. The second-order valence-corrected chi connectivity index (χ2v) is 6.69. The molecule has 0 bridgehead atoms. The molecule has 1 aromatic carbocycles. The van der Waals surface area contributed by atoms with Crippen LogP contribution in [-0.4, -0.2) is 12.5 Å². The molecule has 2 aromatic rings. The minimum Gasteiger partial charge on any atom is -0.351 e. The number of carbonyl (C=O) groups is 1. The second-order valence-electron chi connectivity index (χ2n) is 5.55. The van der Waals surface area contributed by atoms with Gasteiger partial charge in [0.1, 0.15) is 11.6 Å². The smallest absolute Gasteiger partial charge is 0.261 e. The molecular weight excluding hydrogens is 304 g/mol. The minimum absolute atomic E-state index is 0.101. The van der Waals surface area contributed by atoms with Gasteiger partial charge in [0.05, 0.1) is 4.88 Å². The summed E-state index contributed by atoms with van der Waals surface area (Å²) in [6.45, 7) is 0.365. The van der Waals surface area contributed by atoms with Crippen LogP contribution in [0.1, 0.15) is 38.5 Å². The largest absolute Gasteiger partial charge is 0.351 e. The van der Waals surface area contributed by atoms with E-state index in [0.29, 0.717) is 18.5 Å². The molecule has 22 heavy (non-hydrogen) atoms. The van der Waals surface area contributed by atoms with E-state index >= 15 is 0 Å². The van der Waals surface area contributed by atoms with Crippen molar-refractivity contribution in [1.29, 1.82) is 0 Å². The summed E-state index contributed by atoms with van der Waals surface area (Å²) in [5.41, 5.74) is 1.84. The number of carbonyl (C=O) groups excluding carboxylic acids is 1. The second kappa shape index (κ2) is 6.57.